The monoisotopic (exact) mass is 298 g/mol. The van der Waals surface area contributed by atoms with Crippen LogP contribution in [-0.2, 0) is 0 Å². The van der Waals surface area contributed by atoms with Gasteiger partial charge in [0.1, 0.15) is 5.82 Å². The summed E-state index contributed by atoms with van der Waals surface area (Å²) in [6.07, 6.45) is 0. The summed E-state index contributed by atoms with van der Waals surface area (Å²) in [5.41, 5.74) is 5.94. The third-order valence-electron chi connectivity index (χ3n) is 2.47. The van der Waals surface area contributed by atoms with E-state index in [1.54, 1.807) is 12.1 Å². The Morgan fingerprint density at radius 1 is 1.16 bits per heavy atom. The van der Waals surface area contributed by atoms with Gasteiger partial charge < -0.3 is 11.1 Å². The summed E-state index contributed by atoms with van der Waals surface area (Å²) in [7, 11) is 0. The van der Waals surface area contributed by atoms with E-state index < -0.39 is 11.7 Å². The van der Waals surface area contributed by atoms with Crippen molar-refractivity contribution in [1.29, 1.82) is 0 Å². The van der Waals surface area contributed by atoms with Crippen molar-refractivity contribution in [3.8, 4) is 0 Å². The molecule has 0 spiro atoms. The Hall–Kier alpha value is -1.78. The maximum Gasteiger partial charge on any atom is 0.257 e. The second kappa shape index (κ2) is 5.47. The van der Waals surface area contributed by atoms with Gasteiger partial charge in [0.05, 0.1) is 27.0 Å². The molecule has 6 heteroatoms. The molecule has 0 heterocycles. The Bertz CT molecular complexity index is 626. The van der Waals surface area contributed by atoms with Gasteiger partial charge in [-0.15, -0.1) is 0 Å². The average Bonchev–Trinajstić information content (AvgIpc) is 2.37. The molecule has 0 unspecified atom stereocenters. The molecule has 0 saturated carbocycles. The molecule has 0 atom stereocenters. The Labute approximate surface area is 119 Å². The molecule has 0 saturated heterocycles. The number of nitrogens with one attached hydrogen (secondary N) is 1. The third-order valence-corrected chi connectivity index (χ3v) is 3.21. The van der Waals surface area contributed by atoms with Gasteiger partial charge in [-0.1, -0.05) is 35.3 Å². The van der Waals surface area contributed by atoms with Crippen molar-refractivity contribution < 1.29 is 9.18 Å². The number of anilines is 2. The molecule has 98 valence electrons. The number of carbonyl (C=O) groups excluding carboxylic acids is 1. The van der Waals surface area contributed by atoms with Crippen molar-refractivity contribution in [2.24, 2.45) is 0 Å². The summed E-state index contributed by atoms with van der Waals surface area (Å²) in [6, 6.07) is 8.75. The van der Waals surface area contributed by atoms with Crippen molar-refractivity contribution in [2.75, 3.05) is 11.1 Å². The molecule has 2 aromatic rings. The highest BCUT2D eigenvalue weighted by Crippen LogP contribution is 2.27. The number of nitrogens with two attached hydrogens (primary N) is 1. The summed E-state index contributed by atoms with van der Waals surface area (Å²) in [5, 5.41) is 2.60. The summed E-state index contributed by atoms with van der Waals surface area (Å²) >= 11 is 11.7. The Morgan fingerprint density at radius 3 is 2.53 bits per heavy atom. The molecule has 0 fully saturated rings. The fourth-order valence-corrected chi connectivity index (χ4v) is 1.95. The molecule has 0 aromatic heterocycles. The lowest BCUT2D eigenvalue weighted by atomic mass is 10.2. The van der Waals surface area contributed by atoms with E-state index in [0.29, 0.717) is 0 Å². The van der Waals surface area contributed by atoms with Gasteiger partial charge in [-0.2, -0.15) is 0 Å². The van der Waals surface area contributed by atoms with Crippen molar-refractivity contribution in [1.82, 2.24) is 0 Å². The van der Waals surface area contributed by atoms with Crippen LogP contribution in [0.3, 0.4) is 0 Å². The number of amides is 1. The summed E-state index contributed by atoms with van der Waals surface area (Å²) in [6.45, 7) is 0. The van der Waals surface area contributed by atoms with Crippen LogP contribution in [0.1, 0.15) is 10.4 Å². The van der Waals surface area contributed by atoms with Crippen LogP contribution in [0.5, 0.6) is 0 Å². The average molecular weight is 299 g/mol. The number of hydrogen-bond acceptors (Lipinski definition) is 2. The third kappa shape index (κ3) is 2.80. The Morgan fingerprint density at radius 2 is 1.84 bits per heavy atom. The van der Waals surface area contributed by atoms with Crippen LogP contribution < -0.4 is 11.1 Å². The summed E-state index contributed by atoms with van der Waals surface area (Å²) in [4.78, 5) is 12.0. The molecule has 3 nitrogen and oxygen atoms in total. The van der Waals surface area contributed by atoms with E-state index in [4.69, 9.17) is 28.9 Å². The van der Waals surface area contributed by atoms with Gasteiger partial charge in [0.15, 0.2) is 0 Å². The quantitative estimate of drug-likeness (QED) is 0.824. The van der Waals surface area contributed by atoms with Gasteiger partial charge in [0.2, 0.25) is 0 Å². The van der Waals surface area contributed by atoms with E-state index in [-0.39, 0.29) is 27.0 Å². The van der Waals surface area contributed by atoms with Crippen LogP contribution in [0, 0.1) is 5.82 Å². The van der Waals surface area contributed by atoms with E-state index in [9.17, 15) is 9.18 Å². The fraction of sp³-hybridized carbons (Fsp3) is 0. The lowest BCUT2D eigenvalue weighted by Crippen LogP contribution is -2.14. The van der Waals surface area contributed by atoms with Crippen LogP contribution in [0.2, 0.25) is 10.0 Å². The Kier molecular flexibility index (Phi) is 3.93. The van der Waals surface area contributed by atoms with Crippen molar-refractivity contribution in [3.63, 3.8) is 0 Å². The Balaban J connectivity index is 2.34. The van der Waals surface area contributed by atoms with Crippen LogP contribution in [0.25, 0.3) is 0 Å². The maximum atomic E-state index is 13.5. The SMILES string of the molecule is Nc1cccc(C(=O)Nc2c(F)cccc2Cl)c1Cl. The zero-order valence-corrected chi connectivity index (χ0v) is 11.1. The molecule has 1 amide bonds. The van der Waals surface area contributed by atoms with Crippen LogP contribution in [-0.4, -0.2) is 5.91 Å². The predicted molar refractivity (Wildman–Crippen MR) is 75.2 cm³/mol. The fourth-order valence-electron chi connectivity index (χ4n) is 1.52. The predicted octanol–water partition coefficient (Wildman–Crippen LogP) is 3.97. The number of halogens is 3. The van der Waals surface area contributed by atoms with Gasteiger partial charge in [-0.25, -0.2) is 4.39 Å². The van der Waals surface area contributed by atoms with E-state index >= 15 is 0 Å². The number of nitrogen functional groups attached to an aromatic ring is 1. The number of carbonyl (C=O) groups is 1. The van der Waals surface area contributed by atoms with E-state index in [0.717, 1.165) is 0 Å². The molecule has 0 aliphatic rings. The van der Waals surface area contributed by atoms with E-state index in [2.05, 4.69) is 5.32 Å². The van der Waals surface area contributed by atoms with Crippen molar-refractivity contribution >= 4 is 40.5 Å². The second-order valence-electron chi connectivity index (χ2n) is 3.76. The first kappa shape index (κ1) is 13.6. The first-order valence-electron chi connectivity index (χ1n) is 5.30. The van der Waals surface area contributed by atoms with Crippen LogP contribution in [0.4, 0.5) is 15.8 Å². The molecule has 0 aliphatic carbocycles. The largest absolute Gasteiger partial charge is 0.398 e. The maximum absolute atomic E-state index is 13.5. The zero-order chi connectivity index (χ0) is 14.0. The first-order valence-corrected chi connectivity index (χ1v) is 6.05. The molecular formula is C13H9Cl2FN2O. The van der Waals surface area contributed by atoms with Crippen molar-refractivity contribution in [3.05, 3.63) is 57.8 Å². The van der Waals surface area contributed by atoms with E-state index in [1.165, 1.54) is 24.3 Å². The topological polar surface area (TPSA) is 55.1 Å². The summed E-state index contributed by atoms with van der Waals surface area (Å²) in [5.74, 6) is -1.20. The number of hydrogen-bond donors (Lipinski definition) is 2. The van der Waals surface area contributed by atoms with Crippen LogP contribution >= 0.6 is 23.2 Å². The minimum absolute atomic E-state index is 0.0901. The molecule has 2 rings (SSSR count). The highest BCUT2D eigenvalue weighted by atomic mass is 35.5. The number of rotatable bonds is 2. The smallest absolute Gasteiger partial charge is 0.257 e. The van der Waals surface area contributed by atoms with Crippen LogP contribution in [0.15, 0.2) is 36.4 Å². The minimum Gasteiger partial charge on any atom is -0.398 e. The standard InChI is InChI=1S/C13H9Cl2FN2O/c14-8-4-2-5-9(16)12(8)18-13(19)7-3-1-6-10(17)11(7)15/h1-6H,17H2,(H,18,19). The number of benzene rings is 2. The molecule has 3 N–H and O–H groups in total. The minimum atomic E-state index is -0.624. The van der Waals surface area contributed by atoms with Gasteiger partial charge in [-0.3, -0.25) is 4.79 Å². The van der Waals surface area contributed by atoms with Gasteiger partial charge in [0.25, 0.3) is 5.91 Å². The number of para-hydroxylation sites is 1. The molecule has 0 aliphatic heterocycles. The molecule has 2 aromatic carbocycles. The van der Waals surface area contributed by atoms with Gasteiger partial charge in [0, 0.05) is 0 Å². The summed E-state index contributed by atoms with van der Waals surface area (Å²) < 4.78 is 13.5. The highest BCUT2D eigenvalue weighted by Gasteiger charge is 2.15. The lowest BCUT2D eigenvalue weighted by Gasteiger charge is -2.10. The van der Waals surface area contributed by atoms with Crippen molar-refractivity contribution in [2.45, 2.75) is 0 Å². The first-order chi connectivity index (χ1) is 9.00. The van der Waals surface area contributed by atoms with Gasteiger partial charge >= 0.3 is 0 Å². The normalized spacial score (nSPS) is 10.3. The molecule has 19 heavy (non-hydrogen) atoms. The molecule has 0 radical (unpaired) electrons. The lowest BCUT2D eigenvalue weighted by molar-refractivity contribution is 0.102. The second-order valence-corrected chi connectivity index (χ2v) is 4.54. The molecule has 0 bridgehead atoms. The molecular weight excluding hydrogens is 290 g/mol. The zero-order valence-electron chi connectivity index (χ0n) is 9.58. The van der Waals surface area contributed by atoms with Gasteiger partial charge in [-0.05, 0) is 24.3 Å². The highest BCUT2D eigenvalue weighted by molar-refractivity contribution is 6.37. The van der Waals surface area contributed by atoms with E-state index in [1.807, 2.05) is 0 Å².